The molecule has 1 heterocycles. The second-order valence-corrected chi connectivity index (χ2v) is 5.81. The summed E-state index contributed by atoms with van der Waals surface area (Å²) in [6.45, 7) is 6.00. The van der Waals surface area contributed by atoms with E-state index in [1.807, 2.05) is 4.90 Å². The summed E-state index contributed by atoms with van der Waals surface area (Å²) in [5, 5.41) is 0. The topological polar surface area (TPSA) is 29.3 Å². The lowest BCUT2D eigenvalue weighted by molar-refractivity contribution is 0.198. The molecule has 0 atom stereocenters. The molecule has 20 heavy (non-hydrogen) atoms. The Balaban J connectivity index is 2.19. The lowest BCUT2D eigenvalue weighted by Gasteiger charge is -2.42. The Kier molecular flexibility index (Phi) is 4.63. The van der Waals surface area contributed by atoms with Gasteiger partial charge >= 0.3 is 0 Å². The molecule has 4 heteroatoms. The van der Waals surface area contributed by atoms with Crippen LogP contribution in [-0.2, 0) is 6.54 Å². The molecule has 0 bridgehead atoms. The SMILES string of the molecule is CCC1(CC)CCN(c2c(F)cc(CN)cc2F)CC1. The van der Waals surface area contributed by atoms with E-state index in [0.29, 0.717) is 11.0 Å². The highest BCUT2D eigenvalue weighted by atomic mass is 19.1. The number of anilines is 1. The van der Waals surface area contributed by atoms with E-state index < -0.39 is 11.6 Å². The predicted molar refractivity (Wildman–Crippen MR) is 78.7 cm³/mol. The van der Waals surface area contributed by atoms with Gasteiger partial charge in [0.25, 0.3) is 0 Å². The molecule has 0 spiro atoms. The molecule has 1 saturated heterocycles. The van der Waals surface area contributed by atoms with Crippen molar-refractivity contribution in [3.63, 3.8) is 0 Å². The van der Waals surface area contributed by atoms with Crippen LogP contribution in [0.15, 0.2) is 12.1 Å². The predicted octanol–water partition coefficient (Wildman–Crippen LogP) is 3.83. The molecule has 2 rings (SSSR count). The summed E-state index contributed by atoms with van der Waals surface area (Å²) in [6, 6.07) is 2.69. The summed E-state index contributed by atoms with van der Waals surface area (Å²) >= 11 is 0. The highest BCUT2D eigenvalue weighted by Crippen LogP contribution is 2.40. The van der Waals surface area contributed by atoms with Crippen molar-refractivity contribution in [3.8, 4) is 0 Å². The Hall–Kier alpha value is -1.16. The molecule has 1 aliphatic heterocycles. The van der Waals surface area contributed by atoms with Crippen molar-refractivity contribution in [2.24, 2.45) is 11.1 Å². The third kappa shape index (κ3) is 2.80. The van der Waals surface area contributed by atoms with Crippen LogP contribution in [0.1, 0.15) is 45.1 Å². The van der Waals surface area contributed by atoms with Crippen molar-refractivity contribution in [2.45, 2.75) is 46.1 Å². The largest absolute Gasteiger partial charge is 0.367 e. The van der Waals surface area contributed by atoms with Crippen LogP contribution in [0.4, 0.5) is 14.5 Å². The quantitative estimate of drug-likeness (QED) is 0.909. The second-order valence-electron chi connectivity index (χ2n) is 5.81. The van der Waals surface area contributed by atoms with Crippen LogP contribution in [0, 0.1) is 17.0 Å². The van der Waals surface area contributed by atoms with Gasteiger partial charge in [-0.3, -0.25) is 0 Å². The van der Waals surface area contributed by atoms with Crippen LogP contribution < -0.4 is 10.6 Å². The third-order valence-electron chi connectivity index (χ3n) is 4.95. The maximum absolute atomic E-state index is 14.1. The van der Waals surface area contributed by atoms with Gasteiger partial charge in [0.1, 0.15) is 17.3 Å². The minimum Gasteiger partial charge on any atom is -0.367 e. The summed E-state index contributed by atoms with van der Waals surface area (Å²) < 4.78 is 28.2. The maximum Gasteiger partial charge on any atom is 0.149 e. The maximum atomic E-state index is 14.1. The van der Waals surface area contributed by atoms with Gasteiger partial charge in [0.2, 0.25) is 0 Å². The van der Waals surface area contributed by atoms with Crippen molar-refractivity contribution in [2.75, 3.05) is 18.0 Å². The van der Waals surface area contributed by atoms with Crippen molar-refractivity contribution in [1.82, 2.24) is 0 Å². The van der Waals surface area contributed by atoms with Crippen LogP contribution >= 0.6 is 0 Å². The van der Waals surface area contributed by atoms with Crippen LogP contribution in [0.25, 0.3) is 0 Å². The van der Waals surface area contributed by atoms with Gasteiger partial charge in [-0.25, -0.2) is 8.78 Å². The standard InChI is InChI=1S/C16H24F2N2/c1-3-16(4-2)5-7-20(8-6-16)15-13(17)9-12(11-19)10-14(15)18/h9-10H,3-8,11,19H2,1-2H3. The van der Waals surface area contributed by atoms with E-state index in [1.165, 1.54) is 12.1 Å². The Morgan fingerprint density at radius 1 is 1.10 bits per heavy atom. The Bertz CT molecular complexity index is 437. The van der Waals surface area contributed by atoms with Crippen molar-refractivity contribution in [1.29, 1.82) is 0 Å². The third-order valence-corrected chi connectivity index (χ3v) is 4.95. The zero-order chi connectivity index (χ0) is 14.8. The fourth-order valence-corrected chi connectivity index (χ4v) is 3.20. The van der Waals surface area contributed by atoms with Gasteiger partial charge in [0.15, 0.2) is 0 Å². The summed E-state index contributed by atoms with van der Waals surface area (Å²) in [5.74, 6) is -0.989. The first kappa shape index (κ1) is 15.2. The van der Waals surface area contributed by atoms with E-state index in [9.17, 15) is 8.78 Å². The highest BCUT2D eigenvalue weighted by molar-refractivity contribution is 5.51. The number of piperidine rings is 1. The lowest BCUT2D eigenvalue weighted by atomic mass is 9.74. The Labute approximate surface area is 120 Å². The molecule has 2 N–H and O–H groups in total. The van der Waals surface area contributed by atoms with Gasteiger partial charge < -0.3 is 10.6 Å². The smallest absolute Gasteiger partial charge is 0.149 e. The molecule has 0 unspecified atom stereocenters. The molecule has 1 aromatic carbocycles. The van der Waals surface area contributed by atoms with Crippen molar-refractivity contribution >= 4 is 5.69 Å². The number of hydrogen-bond donors (Lipinski definition) is 1. The van der Waals surface area contributed by atoms with Gasteiger partial charge in [-0.15, -0.1) is 0 Å². The van der Waals surface area contributed by atoms with E-state index in [2.05, 4.69) is 13.8 Å². The van der Waals surface area contributed by atoms with E-state index in [0.717, 1.165) is 38.8 Å². The Morgan fingerprint density at radius 2 is 1.60 bits per heavy atom. The summed E-state index contributed by atoms with van der Waals surface area (Å²) in [7, 11) is 0. The first-order chi connectivity index (χ1) is 9.55. The fourth-order valence-electron chi connectivity index (χ4n) is 3.20. The summed E-state index contributed by atoms with van der Waals surface area (Å²) in [6.07, 6.45) is 4.26. The zero-order valence-electron chi connectivity index (χ0n) is 12.4. The number of nitrogens with zero attached hydrogens (tertiary/aromatic N) is 1. The van der Waals surface area contributed by atoms with E-state index in [-0.39, 0.29) is 12.2 Å². The molecule has 112 valence electrons. The lowest BCUT2D eigenvalue weighted by Crippen LogP contribution is -2.40. The zero-order valence-corrected chi connectivity index (χ0v) is 12.4. The molecule has 1 aromatic rings. The minimum atomic E-state index is -0.494. The first-order valence-corrected chi connectivity index (χ1v) is 7.48. The number of nitrogens with two attached hydrogens (primary N) is 1. The van der Waals surface area contributed by atoms with Gasteiger partial charge in [0.05, 0.1) is 0 Å². The molecule has 0 amide bonds. The van der Waals surface area contributed by atoms with Crippen LogP contribution in [0.2, 0.25) is 0 Å². The van der Waals surface area contributed by atoms with Crippen LogP contribution in [0.5, 0.6) is 0 Å². The average molecular weight is 282 g/mol. The second kappa shape index (κ2) is 6.08. The van der Waals surface area contributed by atoms with Crippen LogP contribution in [-0.4, -0.2) is 13.1 Å². The Morgan fingerprint density at radius 3 is 2.00 bits per heavy atom. The van der Waals surface area contributed by atoms with Gasteiger partial charge in [-0.1, -0.05) is 26.7 Å². The number of hydrogen-bond acceptors (Lipinski definition) is 2. The van der Waals surface area contributed by atoms with Gasteiger partial charge in [0, 0.05) is 19.6 Å². The van der Waals surface area contributed by atoms with Crippen molar-refractivity contribution < 1.29 is 8.78 Å². The first-order valence-electron chi connectivity index (χ1n) is 7.48. The van der Waals surface area contributed by atoms with Crippen molar-refractivity contribution in [3.05, 3.63) is 29.3 Å². The molecule has 2 nitrogen and oxygen atoms in total. The van der Waals surface area contributed by atoms with E-state index >= 15 is 0 Å². The molecule has 0 saturated carbocycles. The molecular formula is C16H24F2N2. The van der Waals surface area contributed by atoms with E-state index in [4.69, 9.17) is 5.73 Å². The molecule has 0 aromatic heterocycles. The molecule has 1 fully saturated rings. The number of benzene rings is 1. The number of halogens is 2. The monoisotopic (exact) mass is 282 g/mol. The summed E-state index contributed by atoms with van der Waals surface area (Å²) in [5.41, 5.74) is 6.40. The van der Waals surface area contributed by atoms with Crippen LogP contribution in [0.3, 0.4) is 0 Å². The molecule has 0 radical (unpaired) electrons. The molecule has 1 aliphatic rings. The fraction of sp³-hybridized carbons (Fsp3) is 0.625. The summed E-state index contributed by atoms with van der Waals surface area (Å²) in [4.78, 5) is 1.84. The normalized spacial score (nSPS) is 18.4. The highest BCUT2D eigenvalue weighted by Gasteiger charge is 2.32. The van der Waals surface area contributed by atoms with Gasteiger partial charge in [-0.2, -0.15) is 0 Å². The average Bonchev–Trinajstić information content (AvgIpc) is 2.47. The minimum absolute atomic E-state index is 0.114. The van der Waals surface area contributed by atoms with Gasteiger partial charge in [-0.05, 0) is 36.0 Å². The van der Waals surface area contributed by atoms with E-state index in [1.54, 1.807) is 0 Å². The number of rotatable bonds is 4. The molecular weight excluding hydrogens is 258 g/mol. The molecule has 0 aliphatic carbocycles.